The normalized spacial score (nSPS) is 12.9. The van der Waals surface area contributed by atoms with Gasteiger partial charge >= 0.3 is 11.4 Å². The minimum absolute atomic E-state index is 0.0804. The molecule has 0 fully saturated rings. The Morgan fingerprint density at radius 3 is 1.29 bits per heavy atom. The summed E-state index contributed by atoms with van der Waals surface area (Å²) >= 11 is 6.32. The van der Waals surface area contributed by atoms with Gasteiger partial charge < -0.3 is 9.97 Å². The number of hydrogen-bond donors (Lipinski definition) is 2. The van der Waals surface area contributed by atoms with Crippen LogP contribution in [-0.2, 0) is 0 Å². The van der Waals surface area contributed by atoms with E-state index in [1.165, 1.54) is 9.13 Å². The number of aromatic nitrogens is 4. The molecule has 2 aromatic heterocycles. The molecular weight excluding hydrogens is 496 g/mol. The molecule has 0 saturated carbocycles. The molecule has 0 spiro atoms. The Labute approximate surface area is 179 Å². The molecule has 0 aromatic carbocycles. The second kappa shape index (κ2) is 10.2. The number of hydrogen-bond acceptors (Lipinski definition) is 4. The van der Waals surface area contributed by atoms with Crippen LogP contribution in [-0.4, -0.2) is 19.1 Å². The first-order chi connectivity index (χ1) is 13.0. The smallest absolute Gasteiger partial charge is 0.310 e. The number of aromatic amines is 2. The van der Waals surface area contributed by atoms with Crippen LogP contribution in [0.15, 0.2) is 28.1 Å². The fourth-order valence-corrected chi connectivity index (χ4v) is 3.01. The van der Waals surface area contributed by atoms with E-state index in [2.05, 4.69) is 41.8 Å². The maximum absolute atomic E-state index is 11.7. The summed E-state index contributed by atoms with van der Waals surface area (Å²) in [6.45, 7) is 10.9. The molecule has 0 bridgehead atoms. The summed E-state index contributed by atoms with van der Waals surface area (Å²) in [7, 11) is 0. The lowest BCUT2D eigenvalue weighted by atomic mass is 10.2. The van der Waals surface area contributed by atoms with E-state index in [-0.39, 0.29) is 34.6 Å². The third-order valence-corrected chi connectivity index (χ3v) is 6.43. The third-order valence-electron chi connectivity index (χ3n) is 4.56. The van der Waals surface area contributed by atoms with Gasteiger partial charge in [-0.2, -0.15) is 0 Å². The molecule has 0 saturated heterocycles. The summed E-state index contributed by atoms with van der Waals surface area (Å²) in [5.41, 5.74) is -0.0737. The zero-order valence-electron chi connectivity index (χ0n) is 16.9. The maximum Gasteiger partial charge on any atom is 0.328 e. The number of nitrogens with one attached hydrogen (secondary N) is 2. The molecule has 0 aliphatic rings. The van der Waals surface area contributed by atoms with E-state index < -0.39 is 0 Å². The van der Waals surface area contributed by atoms with Gasteiger partial charge in [0, 0.05) is 23.5 Å². The number of rotatable bonds is 4. The summed E-state index contributed by atoms with van der Waals surface area (Å²) in [5, 5.41) is 0. The first-order valence-electron chi connectivity index (χ1n) is 8.99. The van der Waals surface area contributed by atoms with E-state index in [1.54, 1.807) is 13.8 Å². The predicted octanol–water partition coefficient (Wildman–Crippen LogP) is 3.16. The van der Waals surface area contributed by atoms with E-state index in [4.69, 9.17) is 0 Å². The Kier molecular flexibility index (Phi) is 8.87. The van der Waals surface area contributed by atoms with Crippen LogP contribution >= 0.6 is 31.9 Å². The van der Waals surface area contributed by atoms with Gasteiger partial charge in [0.2, 0.25) is 0 Å². The largest absolute Gasteiger partial charge is 0.328 e. The SMILES string of the molecule is CCC(C)n1c(=O)[nH]c(C)c(Br)c1=O.CCC(C)n1c(=O)[nH]c(C)c(Br)c1=O. The molecule has 2 heterocycles. The van der Waals surface area contributed by atoms with E-state index in [9.17, 15) is 19.2 Å². The van der Waals surface area contributed by atoms with Crippen molar-refractivity contribution < 1.29 is 0 Å². The summed E-state index contributed by atoms with van der Waals surface area (Å²) in [4.78, 5) is 51.7. The molecule has 0 radical (unpaired) electrons. The van der Waals surface area contributed by atoms with Gasteiger partial charge in [0.1, 0.15) is 8.95 Å². The average Bonchev–Trinajstić information content (AvgIpc) is 2.64. The lowest BCUT2D eigenvalue weighted by Crippen LogP contribution is -2.38. The van der Waals surface area contributed by atoms with Crippen LogP contribution in [0.25, 0.3) is 0 Å². The molecule has 156 valence electrons. The minimum atomic E-state index is -0.343. The molecule has 0 amide bonds. The highest BCUT2D eigenvalue weighted by atomic mass is 79.9. The monoisotopic (exact) mass is 520 g/mol. The van der Waals surface area contributed by atoms with Crippen molar-refractivity contribution in [3.63, 3.8) is 0 Å². The molecule has 2 aromatic rings. The second-order valence-corrected chi connectivity index (χ2v) is 8.19. The molecular formula is C18H26Br2N4O4. The number of halogens is 2. The molecule has 10 heteroatoms. The lowest BCUT2D eigenvalue weighted by Gasteiger charge is -2.12. The molecule has 2 N–H and O–H groups in total. The number of nitrogens with zero attached hydrogens (tertiary/aromatic N) is 2. The molecule has 2 atom stereocenters. The van der Waals surface area contributed by atoms with Gasteiger partial charge in [-0.3, -0.25) is 18.7 Å². The first-order valence-corrected chi connectivity index (χ1v) is 10.6. The average molecular weight is 522 g/mol. The van der Waals surface area contributed by atoms with Gasteiger partial charge in [-0.25, -0.2) is 9.59 Å². The van der Waals surface area contributed by atoms with Crippen LogP contribution in [0.5, 0.6) is 0 Å². The van der Waals surface area contributed by atoms with E-state index in [0.29, 0.717) is 20.3 Å². The van der Waals surface area contributed by atoms with Gasteiger partial charge in [-0.15, -0.1) is 0 Å². The minimum Gasteiger partial charge on any atom is -0.310 e. The zero-order valence-corrected chi connectivity index (χ0v) is 20.0. The van der Waals surface area contributed by atoms with Crippen molar-refractivity contribution >= 4 is 31.9 Å². The van der Waals surface area contributed by atoms with Crippen LogP contribution in [0.2, 0.25) is 0 Å². The quantitative estimate of drug-likeness (QED) is 0.643. The molecule has 0 aliphatic carbocycles. The van der Waals surface area contributed by atoms with Crippen molar-refractivity contribution in [3.8, 4) is 0 Å². The van der Waals surface area contributed by atoms with E-state index in [1.807, 2.05) is 27.7 Å². The molecule has 28 heavy (non-hydrogen) atoms. The van der Waals surface area contributed by atoms with Crippen LogP contribution in [0.1, 0.15) is 64.0 Å². The second-order valence-electron chi connectivity index (χ2n) is 6.60. The third kappa shape index (κ3) is 5.22. The summed E-state index contributed by atoms with van der Waals surface area (Å²) in [5.74, 6) is 0. The fourth-order valence-electron chi connectivity index (χ4n) is 2.43. The molecule has 2 rings (SSSR count). The molecule has 8 nitrogen and oxygen atoms in total. The Balaban J connectivity index is 0.000000280. The Morgan fingerprint density at radius 2 is 1.04 bits per heavy atom. The lowest BCUT2D eigenvalue weighted by molar-refractivity contribution is 0.486. The molecule has 2 unspecified atom stereocenters. The van der Waals surface area contributed by atoms with Gasteiger partial charge in [0.15, 0.2) is 0 Å². The summed E-state index contributed by atoms with van der Waals surface area (Å²) < 4.78 is 3.32. The van der Waals surface area contributed by atoms with Crippen molar-refractivity contribution in [1.82, 2.24) is 19.1 Å². The van der Waals surface area contributed by atoms with Crippen LogP contribution in [0.3, 0.4) is 0 Å². The van der Waals surface area contributed by atoms with Crippen molar-refractivity contribution in [2.24, 2.45) is 0 Å². The van der Waals surface area contributed by atoms with Crippen molar-refractivity contribution in [2.45, 2.75) is 66.5 Å². The van der Waals surface area contributed by atoms with Crippen LogP contribution in [0.4, 0.5) is 0 Å². The number of aryl methyl sites for hydroxylation is 2. The van der Waals surface area contributed by atoms with Gasteiger partial charge in [-0.05, 0) is 72.4 Å². The fraction of sp³-hybridized carbons (Fsp3) is 0.556. The first kappa shape index (κ1) is 24.4. The highest BCUT2D eigenvalue weighted by Gasteiger charge is 2.13. The predicted molar refractivity (Wildman–Crippen MR) is 118 cm³/mol. The zero-order chi connectivity index (χ0) is 21.8. The van der Waals surface area contributed by atoms with Crippen molar-refractivity contribution in [3.05, 3.63) is 62.0 Å². The Morgan fingerprint density at radius 1 is 0.750 bits per heavy atom. The number of H-pyrrole nitrogens is 2. The summed E-state index contributed by atoms with van der Waals surface area (Å²) in [6, 6.07) is -0.161. The standard InChI is InChI=1S/2C9H13BrN2O2/c2*1-4-5(2)12-8(13)7(10)6(3)11-9(12)14/h2*5H,4H2,1-3H3,(H,11,14). The van der Waals surface area contributed by atoms with E-state index >= 15 is 0 Å². The van der Waals surface area contributed by atoms with Crippen LogP contribution in [0, 0.1) is 13.8 Å². The Bertz CT molecular complexity index is 980. The highest BCUT2D eigenvalue weighted by molar-refractivity contribution is 9.10. The van der Waals surface area contributed by atoms with Gasteiger partial charge in [-0.1, -0.05) is 13.8 Å². The maximum atomic E-state index is 11.7. The summed E-state index contributed by atoms with van der Waals surface area (Å²) in [6.07, 6.45) is 1.50. The van der Waals surface area contributed by atoms with Gasteiger partial charge in [0.25, 0.3) is 11.1 Å². The van der Waals surface area contributed by atoms with E-state index in [0.717, 1.165) is 12.8 Å². The van der Waals surface area contributed by atoms with Crippen LogP contribution < -0.4 is 22.5 Å². The topological polar surface area (TPSA) is 110 Å². The highest BCUT2D eigenvalue weighted by Crippen LogP contribution is 2.09. The van der Waals surface area contributed by atoms with Crippen molar-refractivity contribution in [1.29, 1.82) is 0 Å². The van der Waals surface area contributed by atoms with Crippen molar-refractivity contribution in [2.75, 3.05) is 0 Å². The molecule has 0 aliphatic heterocycles. The van der Waals surface area contributed by atoms with Gasteiger partial charge in [0.05, 0.1) is 0 Å². The Hall–Kier alpha value is -1.68.